The molecule has 40 heavy (non-hydrogen) atoms. The summed E-state index contributed by atoms with van der Waals surface area (Å²) in [6.45, 7) is 7.84. The summed E-state index contributed by atoms with van der Waals surface area (Å²) in [5, 5.41) is 5.72. The third-order valence-electron chi connectivity index (χ3n) is 7.12. The molecule has 13 heteroatoms. The van der Waals surface area contributed by atoms with Crippen LogP contribution in [-0.2, 0) is 23.7 Å². The minimum Gasteiger partial charge on any atom is -0.404 e. The molecule has 0 radical (unpaired) electrons. The molecule has 6 N–H and O–H groups in total. The Morgan fingerprint density at radius 1 is 1.15 bits per heavy atom. The zero-order valence-corrected chi connectivity index (χ0v) is 24.1. The SMILES string of the molecule is C/C(=C\C(=O)N[C@@H](CC(C)C)C(=O)N1C[C@H]2C[C@H]2[C@H]1C(=O)N[C@H](C)CCC(N)=O)c1ccc(OP(=O)(O)O)cc1. The van der Waals surface area contributed by atoms with Gasteiger partial charge in [-0.25, -0.2) is 4.57 Å². The number of hydrogen-bond donors (Lipinski definition) is 5. The van der Waals surface area contributed by atoms with Crippen molar-refractivity contribution < 1.29 is 38.1 Å². The highest BCUT2D eigenvalue weighted by atomic mass is 31.2. The maximum absolute atomic E-state index is 13.7. The molecular formula is C27H39N4O8P. The molecule has 1 saturated heterocycles. The minimum absolute atomic E-state index is 0.0126. The molecular weight excluding hydrogens is 539 g/mol. The van der Waals surface area contributed by atoms with Gasteiger partial charge in [-0.2, -0.15) is 0 Å². The number of hydrogen-bond acceptors (Lipinski definition) is 6. The van der Waals surface area contributed by atoms with E-state index in [0.29, 0.717) is 30.5 Å². The first-order chi connectivity index (χ1) is 18.6. The van der Waals surface area contributed by atoms with Gasteiger partial charge in [-0.05, 0) is 74.1 Å². The number of phosphoric ester groups is 1. The van der Waals surface area contributed by atoms with Crippen LogP contribution >= 0.6 is 7.82 Å². The van der Waals surface area contributed by atoms with Gasteiger partial charge in [0.1, 0.15) is 17.8 Å². The molecule has 1 aromatic rings. The number of rotatable bonds is 13. The first-order valence-corrected chi connectivity index (χ1v) is 14.9. The number of nitrogens with one attached hydrogen (secondary N) is 2. The molecule has 12 nitrogen and oxygen atoms in total. The fraction of sp³-hybridized carbons (Fsp3) is 0.556. The van der Waals surface area contributed by atoms with Gasteiger partial charge in [-0.1, -0.05) is 26.0 Å². The van der Waals surface area contributed by atoms with E-state index >= 15 is 0 Å². The lowest BCUT2D eigenvalue weighted by Crippen LogP contribution is -2.56. The Bertz CT molecular complexity index is 1200. The van der Waals surface area contributed by atoms with Gasteiger partial charge in [0.05, 0.1) is 0 Å². The molecule has 0 unspecified atom stereocenters. The third-order valence-corrected chi connectivity index (χ3v) is 7.57. The summed E-state index contributed by atoms with van der Waals surface area (Å²) >= 11 is 0. The fourth-order valence-corrected chi connectivity index (χ4v) is 5.49. The molecule has 3 rings (SSSR count). The zero-order valence-electron chi connectivity index (χ0n) is 23.2. The molecule has 0 bridgehead atoms. The van der Waals surface area contributed by atoms with E-state index in [1.165, 1.54) is 18.2 Å². The van der Waals surface area contributed by atoms with Crippen molar-refractivity contribution >= 4 is 37.0 Å². The van der Waals surface area contributed by atoms with E-state index in [1.807, 2.05) is 13.8 Å². The quantitative estimate of drug-likeness (QED) is 0.173. The second-order valence-corrected chi connectivity index (χ2v) is 12.3. The molecule has 2 fully saturated rings. The van der Waals surface area contributed by atoms with Gasteiger partial charge < -0.3 is 25.8 Å². The lowest BCUT2D eigenvalue weighted by atomic mass is 10.0. The number of primary amides is 1. The average molecular weight is 579 g/mol. The minimum atomic E-state index is -4.68. The number of fused-ring (bicyclic) bond motifs is 1. The van der Waals surface area contributed by atoms with Crippen molar-refractivity contribution in [1.82, 2.24) is 15.5 Å². The summed E-state index contributed by atoms with van der Waals surface area (Å²) in [6.07, 6.45) is 3.18. The molecule has 4 amide bonds. The van der Waals surface area contributed by atoms with Gasteiger partial charge in [0.25, 0.3) is 0 Å². The average Bonchev–Trinajstić information content (AvgIpc) is 3.49. The number of nitrogens with zero attached hydrogens (tertiary/aromatic N) is 1. The molecule has 0 spiro atoms. The number of piperidine rings is 1. The topological polar surface area (TPSA) is 188 Å². The summed E-state index contributed by atoms with van der Waals surface area (Å²) in [5.74, 6) is -1.05. The molecule has 1 aliphatic heterocycles. The van der Waals surface area contributed by atoms with E-state index in [1.54, 1.807) is 30.9 Å². The van der Waals surface area contributed by atoms with Crippen molar-refractivity contribution in [3.8, 4) is 5.75 Å². The maximum Gasteiger partial charge on any atom is 0.524 e. The number of phosphoric acid groups is 1. The van der Waals surface area contributed by atoms with E-state index in [2.05, 4.69) is 15.2 Å². The number of carbonyl (C=O) groups is 4. The second kappa shape index (κ2) is 13.0. The molecule has 220 valence electrons. The highest BCUT2D eigenvalue weighted by molar-refractivity contribution is 7.46. The number of likely N-dealkylation sites (tertiary alicyclic amines) is 1. The van der Waals surface area contributed by atoms with Crippen molar-refractivity contribution in [2.75, 3.05) is 6.54 Å². The lowest BCUT2D eigenvalue weighted by Gasteiger charge is -2.32. The van der Waals surface area contributed by atoms with Crippen LogP contribution in [0, 0.1) is 17.8 Å². The Morgan fingerprint density at radius 2 is 1.80 bits per heavy atom. The van der Waals surface area contributed by atoms with E-state index in [0.717, 1.165) is 6.42 Å². The number of nitrogens with two attached hydrogens (primary N) is 1. The first-order valence-electron chi connectivity index (χ1n) is 13.4. The molecule has 5 atom stereocenters. The van der Waals surface area contributed by atoms with Crippen molar-refractivity contribution in [1.29, 1.82) is 0 Å². The molecule has 1 aliphatic carbocycles. The molecule has 2 aliphatic rings. The van der Waals surface area contributed by atoms with Crippen LogP contribution in [0.5, 0.6) is 5.75 Å². The fourth-order valence-electron chi connectivity index (χ4n) is 5.09. The Kier molecular flexibility index (Phi) is 10.2. The summed E-state index contributed by atoms with van der Waals surface area (Å²) in [7, 11) is -4.68. The van der Waals surface area contributed by atoms with Crippen molar-refractivity contribution in [2.24, 2.45) is 23.5 Å². The number of benzene rings is 1. The Labute approximate surface area is 233 Å². The lowest BCUT2D eigenvalue weighted by molar-refractivity contribution is -0.142. The summed E-state index contributed by atoms with van der Waals surface area (Å²) < 4.78 is 15.5. The van der Waals surface area contributed by atoms with Gasteiger partial charge >= 0.3 is 7.82 Å². The number of allylic oxidation sites excluding steroid dienone is 1. The van der Waals surface area contributed by atoms with Crippen LogP contribution < -0.4 is 20.9 Å². The van der Waals surface area contributed by atoms with Crippen molar-refractivity contribution in [3.05, 3.63) is 35.9 Å². The van der Waals surface area contributed by atoms with Crippen molar-refractivity contribution in [2.45, 2.75) is 71.5 Å². The van der Waals surface area contributed by atoms with Gasteiger partial charge in [0.2, 0.25) is 23.6 Å². The normalized spacial score (nSPS) is 21.8. The van der Waals surface area contributed by atoms with Gasteiger partial charge in [0.15, 0.2) is 0 Å². The van der Waals surface area contributed by atoms with E-state index in [4.69, 9.17) is 15.5 Å². The van der Waals surface area contributed by atoms with Gasteiger partial charge in [-0.15, -0.1) is 0 Å². The van der Waals surface area contributed by atoms with Crippen LogP contribution in [0.25, 0.3) is 5.57 Å². The van der Waals surface area contributed by atoms with Gasteiger partial charge in [-0.3, -0.25) is 29.0 Å². The Balaban J connectivity index is 1.68. The third kappa shape index (κ3) is 8.90. The second-order valence-electron chi connectivity index (χ2n) is 11.1. The van der Waals surface area contributed by atoms with Crippen LogP contribution in [0.4, 0.5) is 0 Å². The Morgan fingerprint density at radius 3 is 2.38 bits per heavy atom. The molecule has 1 saturated carbocycles. The summed E-state index contributed by atoms with van der Waals surface area (Å²) in [5.41, 5.74) is 6.41. The molecule has 1 heterocycles. The maximum atomic E-state index is 13.7. The van der Waals surface area contributed by atoms with Gasteiger partial charge in [0, 0.05) is 25.1 Å². The monoisotopic (exact) mass is 578 g/mol. The summed E-state index contributed by atoms with van der Waals surface area (Å²) in [6, 6.07) is 4.17. The highest BCUT2D eigenvalue weighted by Crippen LogP contribution is 2.50. The van der Waals surface area contributed by atoms with Crippen LogP contribution in [0.15, 0.2) is 30.3 Å². The predicted molar refractivity (Wildman–Crippen MR) is 147 cm³/mol. The molecule has 0 aromatic heterocycles. The van der Waals surface area contributed by atoms with Crippen LogP contribution in [0.2, 0.25) is 0 Å². The van der Waals surface area contributed by atoms with Crippen LogP contribution in [-0.4, -0.2) is 63.0 Å². The van der Waals surface area contributed by atoms with E-state index in [-0.39, 0.29) is 47.8 Å². The van der Waals surface area contributed by atoms with Crippen LogP contribution in [0.1, 0.15) is 58.9 Å². The van der Waals surface area contributed by atoms with Crippen molar-refractivity contribution in [3.63, 3.8) is 0 Å². The van der Waals surface area contributed by atoms with E-state index < -0.39 is 31.7 Å². The number of carbonyl (C=O) groups excluding carboxylic acids is 4. The number of amides is 4. The first kappa shape index (κ1) is 31.3. The van der Waals surface area contributed by atoms with Crippen LogP contribution in [0.3, 0.4) is 0 Å². The standard InChI is InChI=1S/C27H39N4O8P/c1-15(2)11-22(30-24(33)12-16(3)18-6-8-20(9-7-18)39-40(36,37)38)27(35)31-14-19-13-21(19)25(31)26(34)29-17(4)5-10-23(28)32/h6-9,12,15,17,19,21-22,25H,5,10-11,13-14H2,1-4H3,(H2,28,32)(H,29,34)(H,30,33)(H2,36,37,38)/b16-12+/t17-,19-,21-,22+,25+/m1/s1. The predicted octanol–water partition coefficient (Wildman–Crippen LogP) is 1.71. The molecule has 1 aromatic carbocycles. The van der Waals surface area contributed by atoms with E-state index in [9.17, 15) is 23.7 Å². The highest BCUT2D eigenvalue weighted by Gasteiger charge is 2.57. The largest absolute Gasteiger partial charge is 0.524 e. The summed E-state index contributed by atoms with van der Waals surface area (Å²) in [4.78, 5) is 70.3. The smallest absolute Gasteiger partial charge is 0.404 e. The zero-order chi connectivity index (χ0) is 29.8. The Hall–Kier alpha value is -3.21.